The Kier molecular flexibility index (Phi) is 8.12. The van der Waals surface area contributed by atoms with E-state index < -0.39 is 6.04 Å². The molecule has 0 aromatic heterocycles. The molecular formula is C23H30N2O2S. The van der Waals surface area contributed by atoms with E-state index in [2.05, 4.69) is 5.32 Å². The number of nitrogens with one attached hydrogen (secondary N) is 1. The second-order valence-electron chi connectivity index (χ2n) is 7.45. The lowest BCUT2D eigenvalue weighted by atomic mass is 10.1. The van der Waals surface area contributed by atoms with Crippen LogP contribution in [0.25, 0.3) is 0 Å². The summed E-state index contributed by atoms with van der Waals surface area (Å²) in [5, 5.41) is 2.91. The third-order valence-electron chi connectivity index (χ3n) is 4.46. The summed E-state index contributed by atoms with van der Waals surface area (Å²) in [6.07, 6.45) is 0. The number of nitrogens with zero attached hydrogens (tertiary/aromatic N) is 1. The van der Waals surface area contributed by atoms with Gasteiger partial charge >= 0.3 is 0 Å². The number of benzene rings is 2. The van der Waals surface area contributed by atoms with Gasteiger partial charge in [0.25, 0.3) is 0 Å². The van der Waals surface area contributed by atoms with E-state index >= 15 is 0 Å². The van der Waals surface area contributed by atoms with Crippen molar-refractivity contribution in [1.29, 1.82) is 0 Å². The molecule has 0 saturated heterocycles. The van der Waals surface area contributed by atoms with E-state index in [-0.39, 0.29) is 17.9 Å². The van der Waals surface area contributed by atoms with E-state index in [1.165, 1.54) is 22.9 Å². The van der Waals surface area contributed by atoms with Crippen LogP contribution < -0.4 is 5.32 Å². The molecule has 0 bridgehead atoms. The molecule has 0 aliphatic heterocycles. The minimum atomic E-state index is -0.533. The number of hydrogen-bond donors (Lipinski definition) is 1. The van der Waals surface area contributed by atoms with Crippen molar-refractivity contribution in [3.8, 4) is 0 Å². The highest BCUT2D eigenvalue weighted by molar-refractivity contribution is 8.00. The molecule has 0 radical (unpaired) electrons. The highest BCUT2D eigenvalue weighted by Crippen LogP contribution is 2.20. The van der Waals surface area contributed by atoms with Gasteiger partial charge in [-0.15, -0.1) is 11.8 Å². The molecule has 2 aromatic carbocycles. The van der Waals surface area contributed by atoms with Crippen molar-refractivity contribution in [3.63, 3.8) is 0 Å². The van der Waals surface area contributed by atoms with Crippen molar-refractivity contribution >= 4 is 23.6 Å². The molecule has 0 aliphatic rings. The Bertz CT molecular complexity index is 785. The summed E-state index contributed by atoms with van der Waals surface area (Å²) in [6.45, 7) is 10.1. The quantitative estimate of drug-likeness (QED) is 0.673. The van der Waals surface area contributed by atoms with Crippen molar-refractivity contribution in [3.05, 3.63) is 65.2 Å². The summed E-state index contributed by atoms with van der Waals surface area (Å²) < 4.78 is 0. The number of thioether (sulfide) groups is 1. The number of hydrogen-bond acceptors (Lipinski definition) is 3. The Hall–Kier alpha value is -2.27. The zero-order chi connectivity index (χ0) is 20.7. The molecule has 0 heterocycles. The molecule has 2 amide bonds. The molecule has 5 heteroatoms. The van der Waals surface area contributed by atoms with Gasteiger partial charge in [0, 0.05) is 17.5 Å². The summed E-state index contributed by atoms with van der Waals surface area (Å²) in [4.78, 5) is 28.3. The number of aryl methyl sites for hydroxylation is 2. The van der Waals surface area contributed by atoms with E-state index in [9.17, 15) is 9.59 Å². The molecule has 28 heavy (non-hydrogen) atoms. The Morgan fingerprint density at radius 1 is 0.929 bits per heavy atom. The van der Waals surface area contributed by atoms with E-state index in [1.807, 2.05) is 76.2 Å². The Morgan fingerprint density at radius 3 is 2.00 bits per heavy atom. The van der Waals surface area contributed by atoms with Crippen LogP contribution in [0.3, 0.4) is 0 Å². The van der Waals surface area contributed by atoms with Crippen LogP contribution in [-0.4, -0.2) is 34.6 Å². The van der Waals surface area contributed by atoms with Gasteiger partial charge in [-0.2, -0.15) is 0 Å². The van der Waals surface area contributed by atoms with Crippen molar-refractivity contribution in [2.75, 3.05) is 5.75 Å². The van der Waals surface area contributed by atoms with Crippen LogP contribution in [0.4, 0.5) is 0 Å². The normalized spacial score (nSPS) is 11.9. The first-order chi connectivity index (χ1) is 13.3. The third kappa shape index (κ3) is 6.71. The fraction of sp³-hybridized carbons (Fsp3) is 0.391. The molecular weight excluding hydrogens is 368 g/mol. The van der Waals surface area contributed by atoms with Crippen LogP contribution in [0, 0.1) is 13.8 Å². The number of rotatable bonds is 8. The fourth-order valence-corrected chi connectivity index (χ4v) is 3.52. The molecule has 0 aliphatic carbocycles. The summed E-state index contributed by atoms with van der Waals surface area (Å²) in [5.74, 6) is 0.127. The van der Waals surface area contributed by atoms with Gasteiger partial charge in [-0.3, -0.25) is 9.59 Å². The minimum absolute atomic E-state index is 0.0354. The van der Waals surface area contributed by atoms with Gasteiger partial charge < -0.3 is 10.2 Å². The van der Waals surface area contributed by atoms with E-state index in [4.69, 9.17) is 0 Å². The fourth-order valence-electron chi connectivity index (χ4n) is 2.74. The predicted molar refractivity (Wildman–Crippen MR) is 116 cm³/mol. The van der Waals surface area contributed by atoms with Crippen molar-refractivity contribution in [2.45, 2.75) is 58.1 Å². The maximum atomic E-state index is 13.0. The monoisotopic (exact) mass is 398 g/mol. The first-order valence-corrected chi connectivity index (χ1v) is 10.6. The Morgan fingerprint density at radius 2 is 1.46 bits per heavy atom. The van der Waals surface area contributed by atoms with Crippen LogP contribution in [0.5, 0.6) is 0 Å². The van der Waals surface area contributed by atoms with Crippen LogP contribution in [0.15, 0.2) is 53.4 Å². The third-order valence-corrected chi connectivity index (χ3v) is 5.45. The van der Waals surface area contributed by atoms with Crippen LogP contribution in [-0.2, 0) is 16.1 Å². The first kappa shape index (κ1) is 22.0. The molecule has 0 fully saturated rings. The topological polar surface area (TPSA) is 49.4 Å². The first-order valence-electron chi connectivity index (χ1n) is 9.61. The molecule has 0 unspecified atom stereocenters. The average Bonchev–Trinajstić information content (AvgIpc) is 2.65. The second kappa shape index (κ2) is 10.3. The highest BCUT2D eigenvalue weighted by atomic mass is 32.2. The largest absolute Gasteiger partial charge is 0.352 e. The molecule has 1 N–H and O–H groups in total. The summed E-state index contributed by atoms with van der Waals surface area (Å²) in [5.41, 5.74) is 3.38. The highest BCUT2D eigenvalue weighted by Gasteiger charge is 2.26. The Labute approximate surface area is 172 Å². The number of amides is 2. The average molecular weight is 399 g/mol. The van der Waals surface area contributed by atoms with Crippen molar-refractivity contribution in [2.24, 2.45) is 0 Å². The number of carbonyl (C=O) groups is 2. The van der Waals surface area contributed by atoms with E-state index in [0.29, 0.717) is 12.3 Å². The van der Waals surface area contributed by atoms with Gasteiger partial charge in [0.05, 0.1) is 5.75 Å². The van der Waals surface area contributed by atoms with Crippen LogP contribution in [0.2, 0.25) is 0 Å². The molecule has 4 nitrogen and oxygen atoms in total. The van der Waals surface area contributed by atoms with Crippen molar-refractivity contribution < 1.29 is 9.59 Å². The molecule has 0 spiro atoms. The summed E-state index contributed by atoms with van der Waals surface area (Å²) in [6, 6.07) is 15.7. The van der Waals surface area contributed by atoms with Gasteiger partial charge in [-0.25, -0.2) is 0 Å². The van der Waals surface area contributed by atoms with Crippen LogP contribution in [0.1, 0.15) is 37.5 Å². The van der Waals surface area contributed by atoms with Gasteiger partial charge in [0.1, 0.15) is 6.04 Å². The molecule has 2 aromatic rings. The predicted octanol–water partition coefficient (Wildman–Crippen LogP) is 4.34. The lowest BCUT2D eigenvalue weighted by Gasteiger charge is -2.29. The summed E-state index contributed by atoms with van der Waals surface area (Å²) >= 11 is 1.50. The smallest absolute Gasteiger partial charge is 0.242 e. The van der Waals surface area contributed by atoms with Gasteiger partial charge in [-0.05, 0) is 52.3 Å². The molecule has 0 saturated carbocycles. The number of carbonyl (C=O) groups excluding carboxylic acids is 2. The summed E-state index contributed by atoms with van der Waals surface area (Å²) in [7, 11) is 0. The zero-order valence-corrected chi connectivity index (χ0v) is 18.2. The minimum Gasteiger partial charge on any atom is -0.352 e. The lowest BCUT2D eigenvalue weighted by Crippen LogP contribution is -2.49. The van der Waals surface area contributed by atoms with Gasteiger partial charge in [0.2, 0.25) is 11.8 Å². The Balaban J connectivity index is 2.12. The van der Waals surface area contributed by atoms with Crippen molar-refractivity contribution in [1.82, 2.24) is 10.2 Å². The lowest BCUT2D eigenvalue weighted by molar-refractivity contribution is -0.138. The standard InChI is InChI=1S/C23H30N2O2S/c1-16(2)24-23(27)19(5)25(14-20-10-6-17(3)7-11-20)22(26)15-28-21-12-8-18(4)9-13-21/h6-13,16,19H,14-15H2,1-5H3,(H,24,27)/t19-/m1/s1. The molecule has 2 rings (SSSR count). The SMILES string of the molecule is Cc1ccc(CN(C(=O)CSc2ccc(C)cc2)[C@H](C)C(=O)NC(C)C)cc1. The maximum absolute atomic E-state index is 13.0. The van der Waals surface area contributed by atoms with Gasteiger partial charge in [0.15, 0.2) is 0 Å². The van der Waals surface area contributed by atoms with E-state index in [0.717, 1.165) is 10.5 Å². The second-order valence-corrected chi connectivity index (χ2v) is 8.50. The molecule has 1 atom stereocenters. The maximum Gasteiger partial charge on any atom is 0.242 e. The van der Waals surface area contributed by atoms with Crippen LogP contribution >= 0.6 is 11.8 Å². The molecule has 150 valence electrons. The van der Waals surface area contributed by atoms with Gasteiger partial charge in [-0.1, -0.05) is 47.5 Å². The zero-order valence-electron chi connectivity index (χ0n) is 17.4. The van der Waals surface area contributed by atoms with E-state index in [1.54, 1.807) is 11.8 Å².